The van der Waals surface area contributed by atoms with Crippen molar-refractivity contribution in [3.05, 3.63) is 219 Å². The van der Waals surface area contributed by atoms with Crippen LogP contribution in [0.1, 0.15) is 0 Å². The second-order valence-electron chi connectivity index (χ2n) is 15.6. The first-order valence-corrected chi connectivity index (χ1v) is 20.8. The second kappa shape index (κ2) is 14.7. The molecule has 0 spiro atoms. The van der Waals surface area contributed by atoms with E-state index >= 15 is 0 Å². The lowest BCUT2D eigenvalue weighted by Crippen LogP contribution is -1.99. The Labute approximate surface area is 357 Å². The van der Waals surface area contributed by atoms with E-state index in [0.29, 0.717) is 0 Å². The Hall–Kier alpha value is -8.48. The number of para-hydroxylation sites is 4. The molecule has 0 aliphatic heterocycles. The SMILES string of the molecule is c1ccc(-c2c(-c3cncc(-n4c5ccccc5c5ccccc54)c3)cncc2-c2cncc(-c3cncc(-n4c5ccccc5c5ccccc54)c3)c2-c2ccccc2)cc1. The number of nitrogens with zero attached hydrogens (tertiary/aromatic N) is 6. The molecule has 6 nitrogen and oxygen atoms in total. The zero-order chi connectivity index (χ0) is 41.0. The number of fused-ring (bicyclic) bond motifs is 6. The van der Waals surface area contributed by atoms with Crippen LogP contribution >= 0.6 is 0 Å². The molecule has 0 aliphatic carbocycles. The van der Waals surface area contributed by atoms with Gasteiger partial charge in [0.1, 0.15) is 0 Å². The molecule has 0 fully saturated rings. The fourth-order valence-electron chi connectivity index (χ4n) is 9.40. The summed E-state index contributed by atoms with van der Waals surface area (Å²) < 4.78 is 4.62. The Balaban J connectivity index is 1.08. The Morgan fingerprint density at radius 3 is 0.935 bits per heavy atom. The van der Waals surface area contributed by atoms with E-state index in [1.807, 2.05) is 49.6 Å². The van der Waals surface area contributed by atoms with Crippen molar-refractivity contribution in [1.82, 2.24) is 29.1 Å². The summed E-state index contributed by atoms with van der Waals surface area (Å²) >= 11 is 0. The summed E-state index contributed by atoms with van der Waals surface area (Å²) in [6.07, 6.45) is 15.7. The van der Waals surface area contributed by atoms with Gasteiger partial charge in [-0.25, -0.2) is 0 Å². The lowest BCUT2D eigenvalue weighted by atomic mass is 9.85. The molecule has 0 amide bonds. The molecule has 0 saturated heterocycles. The van der Waals surface area contributed by atoms with E-state index in [9.17, 15) is 0 Å². The van der Waals surface area contributed by atoms with Gasteiger partial charge in [0.05, 0.1) is 45.8 Å². The molecule has 12 aromatic rings. The molecule has 290 valence electrons. The highest BCUT2D eigenvalue weighted by Crippen LogP contribution is 2.46. The molecule has 0 aliphatic rings. The van der Waals surface area contributed by atoms with Crippen LogP contribution in [0.2, 0.25) is 0 Å². The van der Waals surface area contributed by atoms with Gasteiger partial charge in [-0.3, -0.25) is 19.9 Å². The van der Waals surface area contributed by atoms with E-state index in [-0.39, 0.29) is 0 Å². The van der Waals surface area contributed by atoms with Crippen LogP contribution in [0.15, 0.2) is 219 Å². The maximum absolute atomic E-state index is 4.98. The third kappa shape index (κ3) is 5.73. The number of benzene rings is 6. The maximum Gasteiger partial charge on any atom is 0.0651 e. The molecule has 12 rings (SSSR count). The Bertz CT molecular complexity index is 3290. The van der Waals surface area contributed by atoms with Crippen LogP contribution in [0, 0.1) is 0 Å². The predicted octanol–water partition coefficient (Wildman–Crippen LogP) is 13.8. The van der Waals surface area contributed by atoms with Gasteiger partial charge < -0.3 is 9.13 Å². The highest BCUT2D eigenvalue weighted by Gasteiger charge is 2.23. The van der Waals surface area contributed by atoms with Gasteiger partial charge in [-0.15, -0.1) is 0 Å². The van der Waals surface area contributed by atoms with E-state index < -0.39 is 0 Å². The Morgan fingerprint density at radius 1 is 0.258 bits per heavy atom. The second-order valence-corrected chi connectivity index (χ2v) is 15.6. The molecule has 0 atom stereocenters. The summed E-state index contributed by atoms with van der Waals surface area (Å²) in [5.41, 5.74) is 16.6. The third-order valence-electron chi connectivity index (χ3n) is 12.1. The van der Waals surface area contributed by atoms with E-state index in [1.54, 1.807) is 0 Å². The van der Waals surface area contributed by atoms with Crippen molar-refractivity contribution in [1.29, 1.82) is 0 Å². The largest absolute Gasteiger partial charge is 0.308 e. The van der Waals surface area contributed by atoms with Gasteiger partial charge in [0.2, 0.25) is 0 Å². The zero-order valence-electron chi connectivity index (χ0n) is 33.5. The fraction of sp³-hybridized carbons (Fsp3) is 0. The lowest BCUT2D eigenvalue weighted by molar-refractivity contribution is 1.14. The summed E-state index contributed by atoms with van der Waals surface area (Å²) in [5.74, 6) is 0. The van der Waals surface area contributed by atoms with E-state index in [1.165, 1.54) is 21.5 Å². The van der Waals surface area contributed by atoms with Gasteiger partial charge in [0.15, 0.2) is 0 Å². The monoisotopic (exact) mass is 792 g/mol. The normalized spacial score (nSPS) is 11.5. The quantitative estimate of drug-likeness (QED) is 0.161. The average Bonchev–Trinajstić information content (AvgIpc) is 3.87. The Kier molecular flexibility index (Phi) is 8.38. The number of aromatic nitrogens is 6. The molecule has 6 aromatic carbocycles. The summed E-state index contributed by atoms with van der Waals surface area (Å²) in [4.78, 5) is 19.7. The van der Waals surface area contributed by atoms with Crippen LogP contribution in [0.25, 0.3) is 111 Å². The molecular weight excluding hydrogens is 757 g/mol. The lowest BCUT2D eigenvalue weighted by Gasteiger charge is -2.20. The average molecular weight is 793 g/mol. The minimum Gasteiger partial charge on any atom is -0.308 e. The van der Waals surface area contributed by atoms with Crippen molar-refractivity contribution in [2.24, 2.45) is 0 Å². The minimum atomic E-state index is 0.964. The summed E-state index contributed by atoms with van der Waals surface area (Å²) in [7, 11) is 0. The van der Waals surface area contributed by atoms with Crippen molar-refractivity contribution in [2.75, 3.05) is 0 Å². The Morgan fingerprint density at radius 2 is 0.565 bits per heavy atom. The molecule has 6 aromatic heterocycles. The smallest absolute Gasteiger partial charge is 0.0651 e. The molecule has 6 heteroatoms. The molecule has 6 heterocycles. The molecule has 0 saturated carbocycles. The van der Waals surface area contributed by atoms with Crippen molar-refractivity contribution < 1.29 is 0 Å². The van der Waals surface area contributed by atoms with E-state index in [4.69, 9.17) is 19.9 Å². The van der Waals surface area contributed by atoms with Gasteiger partial charge in [-0.2, -0.15) is 0 Å². The number of pyridine rings is 4. The van der Waals surface area contributed by atoms with Crippen molar-refractivity contribution in [2.45, 2.75) is 0 Å². The summed E-state index contributed by atoms with van der Waals surface area (Å²) in [6, 6.07) is 59.9. The number of hydrogen-bond donors (Lipinski definition) is 0. The standard InChI is InChI=1S/C56H36N6/c1-3-15-37(16-4-1)55-47(39-27-41(31-57-29-39)61-51-23-11-7-19-43(51)44-20-8-12-24-52(44)61)33-59-35-49(55)50-36-60-34-48(56(50)38-17-5-2-6-18-38)40-28-42(32-58-30-40)62-53-25-13-9-21-45(53)46-22-10-14-26-54(46)62/h1-36H. The molecule has 62 heavy (non-hydrogen) atoms. The van der Waals surface area contributed by atoms with Gasteiger partial charge in [-0.1, -0.05) is 133 Å². The summed E-state index contributed by atoms with van der Waals surface area (Å²) in [5, 5.41) is 4.83. The zero-order valence-corrected chi connectivity index (χ0v) is 33.5. The topological polar surface area (TPSA) is 61.4 Å². The van der Waals surface area contributed by atoms with Crippen LogP contribution in [-0.4, -0.2) is 29.1 Å². The van der Waals surface area contributed by atoms with Crippen LogP contribution < -0.4 is 0 Å². The highest BCUT2D eigenvalue weighted by molar-refractivity contribution is 6.10. The van der Waals surface area contributed by atoms with E-state index in [2.05, 4.69) is 179 Å². The highest BCUT2D eigenvalue weighted by atomic mass is 15.0. The minimum absolute atomic E-state index is 0.964. The van der Waals surface area contributed by atoms with Crippen LogP contribution in [0.3, 0.4) is 0 Å². The molecule has 0 radical (unpaired) electrons. The number of rotatable bonds is 7. The third-order valence-corrected chi connectivity index (χ3v) is 12.1. The first kappa shape index (κ1) is 35.5. The fourth-order valence-corrected chi connectivity index (χ4v) is 9.40. The first-order valence-electron chi connectivity index (χ1n) is 20.8. The van der Waals surface area contributed by atoms with Crippen LogP contribution in [0.5, 0.6) is 0 Å². The van der Waals surface area contributed by atoms with E-state index in [0.717, 1.165) is 89.1 Å². The van der Waals surface area contributed by atoms with Gasteiger partial charge >= 0.3 is 0 Å². The number of hydrogen-bond acceptors (Lipinski definition) is 4. The molecule has 0 N–H and O–H groups in total. The van der Waals surface area contributed by atoms with Crippen LogP contribution in [0.4, 0.5) is 0 Å². The molecule has 0 unspecified atom stereocenters. The first-order chi connectivity index (χ1) is 30.8. The maximum atomic E-state index is 4.98. The molecule has 0 bridgehead atoms. The van der Waals surface area contributed by atoms with Crippen molar-refractivity contribution >= 4 is 43.6 Å². The van der Waals surface area contributed by atoms with Crippen molar-refractivity contribution in [3.8, 4) is 67.0 Å². The summed E-state index contributed by atoms with van der Waals surface area (Å²) in [6.45, 7) is 0. The van der Waals surface area contributed by atoms with Crippen LogP contribution in [-0.2, 0) is 0 Å². The van der Waals surface area contributed by atoms with Gasteiger partial charge in [0, 0.05) is 103 Å². The van der Waals surface area contributed by atoms with Gasteiger partial charge in [-0.05, 0) is 47.5 Å². The van der Waals surface area contributed by atoms with Gasteiger partial charge in [0.25, 0.3) is 0 Å². The van der Waals surface area contributed by atoms with Crippen molar-refractivity contribution in [3.63, 3.8) is 0 Å². The predicted molar refractivity (Wildman–Crippen MR) is 253 cm³/mol. The molecular formula is C56H36N6.